The molecule has 8 aromatic rings. The summed E-state index contributed by atoms with van der Waals surface area (Å²) in [5.41, 5.74) is 11.5. The minimum Gasteiger partial charge on any atom is -0.256 e. The molecule has 10 rings (SSSR count). The maximum absolute atomic E-state index is 4.95. The van der Waals surface area contributed by atoms with E-state index in [0.717, 1.165) is 39.7 Å². The van der Waals surface area contributed by atoms with Gasteiger partial charge in [0.05, 0.1) is 11.2 Å². The van der Waals surface area contributed by atoms with E-state index in [4.69, 9.17) is 4.98 Å². The van der Waals surface area contributed by atoms with Crippen molar-refractivity contribution in [2.45, 2.75) is 13.3 Å². The normalized spacial score (nSPS) is 16.7. The monoisotopic (exact) mass is 650 g/mol. The van der Waals surface area contributed by atoms with Gasteiger partial charge in [0.15, 0.2) is 0 Å². The number of aromatic nitrogens is 2. The molecule has 2 aromatic heterocycles. The number of hydrogen-bond donors (Lipinski definition) is 0. The Morgan fingerprint density at radius 1 is 0.490 bits per heavy atom. The van der Waals surface area contributed by atoms with Crippen LogP contribution in [0.2, 0.25) is 0 Å². The van der Waals surface area contributed by atoms with Gasteiger partial charge >= 0.3 is 0 Å². The summed E-state index contributed by atoms with van der Waals surface area (Å²) in [5.74, 6) is 0. The number of nitrogens with zero attached hydrogens (tertiary/aromatic N) is 2. The largest absolute Gasteiger partial charge is 0.256 e. The summed E-state index contributed by atoms with van der Waals surface area (Å²) in [6, 6.07) is 53.0. The molecule has 2 aliphatic rings. The molecular formula is C49H34N2. The first-order valence-corrected chi connectivity index (χ1v) is 17.7. The Morgan fingerprint density at radius 2 is 1.12 bits per heavy atom. The van der Waals surface area contributed by atoms with Crippen LogP contribution in [-0.2, 0) is 0 Å². The summed E-state index contributed by atoms with van der Waals surface area (Å²) in [6.45, 7) is 2.44. The van der Waals surface area contributed by atoms with E-state index in [-0.39, 0.29) is 5.41 Å². The highest BCUT2D eigenvalue weighted by molar-refractivity contribution is 5.96. The number of rotatable bonds is 4. The van der Waals surface area contributed by atoms with Crippen LogP contribution in [0.4, 0.5) is 0 Å². The summed E-state index contributed by atoms with van der Waals surface area (Å²) in [7, 11) is 0. The number of hydrogen-bond acceptors (Lipinski definition) is 2. The molecule has 51 heavy (non-hydrogen) atoms. The predicted octanol–water partition coefficient (Wildman–Crippen LogP) is 10.6. The third-order valence-corrected chi connectivity index (χ3v) is 11.0. The lowest BCUT2D eigenvalue weighted by Crippen LogP contribution is -2.42. The molecule has 2 aliphatic carbocycles. The Kier molecular flexibility index (Phi) is 6.72. The molecular weight excluding hydrogens is 617 g/mol. The molecule has 1 unspecified atom stereocenters. The van der Waals surface area contributed by atoms with E-state index >= 15 is 0 Å². The first kappa shape index (κ1) is 29.5. The van der Waals surface area contributed by atoms with Crippen molar-refractivity contribution >= 4 is 43.6 Å². The topological polar surface area (TPSA) is 25.8 Å². The first-order valence-electron chi connectivity index (χ1n) is 17.7. The van der Waals surface area contributed by atoms with Gasteiger partial charge in [-0.3, -0.25) is 9.97 Å². The number of pyridine rings is 2. The minimum absolute atomic E-state index is 0.205. The average Bonchev–Trinajstić information content (AvgIpc) is 3.19. The van der Waals surface area contributed by atoms with Gasteiger partial charge in [-0.15, -0.1) is 0 Å². The van der Waals surface area contributed by atoms with Gasteiger partial charge in [-0.1, -0.05) is 134 Å². The highest BCUT2D eigenvalue weighted by Crippen LogP contribution is 2.50. The SMILES string of the molecule is CC12CC=CC=C1C(c1ccc3ccccc3c1)=c1cc(-c3ccc(-c4cnc5ccccc5c4)nc3)ccc1=C2c1ccc2ccccc2c1. The van der Waals surface area contributed by atoms with Crippen LogP contribution in [0.3, 0.4) is 0 Å². The van der Waals surface area contributed by atoms with Crippen LogP contribution in [0.25, 0.3) is 66.0 Å². The third kappa shape index (κ3) is 4.87. The molecule has 0 bridgehead atoms. The molecule has 0 fully saturated rings. The van der Waals surface area contributed by atoms with Crippen molar-refractivity contribution in [3.8, 4) is 22.4 Å². The highest BCUT2D eigenvalue weighted by Gasteiger charge is 2.39. The van der Waals surface area contributed by atoms with Gasteiger partial charge in [-0.05, 0) is 108 Å². The predicted molar refractivity (Wildman–Crippen MR) is 213 cm³/mol. The van der Waals surface area contributed by atoms with Crippen molar-refractivity contribution in [1.29, 1.82) is 0 Å². The van der Waals surface area contributed by atoms with E-state index in [1.54, 1.807) is 0 Å². The molecule has 0 radical (unpaired) electrons. The van der Waals surface area contributed by atoms with E-state index in [9.17, 15) is 0 Å². The molecule has 2 nitrogen and oxygen atoms in total. The maximum Gasteiger partial charge on any atom is 0.0718 e. The fourth-order valence-electron chi connectivity index (χ4n) is 8.37. The Hall–Kier alpha value is -6.38. The lowest BCUT2D eigenvalue weighted by molar-refractivity contribution is 0.547. The van der Waals surface area contributed by atoms with Gasteiger partial charge in [0.2, 0.25) is 0 Å². The zero-order valence-electron chi connectivity index (χ0n) is 28.3. The summed E-state index contributed by atoms with van der Waals surface area (Å²) in [5, 5.41) is 8.69. The summed E-state index contributed by atoms with van der Waals surface area (Å²) >= 11 is 0. The van der Waals surface area contributed by atoms with E-state index in [1.165, 1.54) is 59.8 Å². The van der Waals surface area contributed by atoms with E-state index < -0.39 is 0 Å². The zero-order chi connectivity index (χ0) is 33.9. The second kappa shape index (κ2) is 11.6. The third-order valence-electron chi connectivity index (χ3n) is 11.0. The highest BCUT2D eigenvalue weighted by atomic mass is 14.7. The van der Waals surface area contributed by atoms with Crippen molar-refractivity contribution in [1.82, 2.24) is 9.97 Å². The molecule has 0 saturated heterocycles. The summed E-state index contributed by atoms with van der Waals surface area (Å²) < 4.78 is 0. The Bertz CT molecular complexity index is 2890. The number of para-hydroxylation sites is 1. The van der Waals surface area contributed by atoms with Gasteiger partial charge in [-0.25, -0.2) is 0 Å². The van der Waals surface area contributed by atoms with Crippen LogP contribution in [0.5, 0.6) is 0 Å². The average molecular weight is 651 g/mol. The standard InChI is InChI=1S/C49H34N2/c1-49-25-9-8-15-44(49)47(38-19-17-32-10-2-4-12-34(32)26-38)43-29-36(21-23-42(43)48(49)39-20-18-33-11-3-5-13-35(33)27-39)40-22-24-46(50-30-40)41-28-37-14-6-7-16-45(37)51-31-41/h2-24,26-31H,25H2,1H3. The van der Waals surface area contributed by atoms with Crippen LogP contribution in [0, 0.1) is 5.41 Å². The minimum atomic E-state index is -0.205. The summed E-state index contributed by atoms with van der Waals surface area (Å²) in [4.78, 5) is 9.63. The zero-order valence-corrected chi connectivity index (χ0v) is 28.3. The number of benzene rings is 6. The second-order valence-electron chi connectivity index (χ2n) is 14.0. The molecule has 6 aromatic carbocycles. The van der Waals surface area contributed by atoms with Crippen LogP contribution in [0.1, 0.15) is 24.5 Å². The number of fused-ring (bicyclic) bond motifs is 5. The van der Waals surface area contributed by atoms with Crippen LogP contribution >= 0.6 is 0 Å². The molecule has 0 amide bonds. The van der Waals surface area contributed by atoms with Gasteiger partial charge < -0.3 is 0 Å². The van der Waals surface area contributed by atoms with Gasteiger partial charge in [-0.2, -0.15) is 0 Å². The maximum atomic E-state index is 4.95. The van der Waals surface area contributed by atoms with E-state index in [1.807, 2.05) is 24.5 Å². The summed E-state index contributed by atoms with van der Waals surface area (Å²) in [6.07, 6.45) is 11.8. The lowest BCUT2D eigenvalue weighted by atomic mass is 9.62. The van der Waals surface area contributed by atoms with Crippen LogP contribution < -0.4 is 10.4 Å². The molecule has 2 heteroatoms. The quantitative estimate of drug-likeness (QED) is 0.189. The van der Waals surface area contributed by atoms with Crippen molar-refractivity contribution in [3.05, 3.63) is 203 Å². The van der Waals surface area contributed by atoms with Gasteiger partial charge in [0, 0.05) is 34.3 Å². The van der Waals surface area contributed by atoms with Crippen molar-refractivity contribution in [3.63, 3.8) is 0 Å². The Balaban J connectivity index is 1.22. The van der Waals surface area contributed by atoms with E-state index in [2.05, 4.69) is 164 Å². The van der Waals surface area contributed by atoms with Crippen molar-refractivity contribution < 1.29 is 0 Å². The fourth-order valence-corrected chi connectivity index (χ4v) is 8.37. The van der Waals surface area contributed by atoms with Crippen molar-refractivity contribution in [2.24, 2.45) is 5.41 Å². The fraction of sp³-hybridized carbons (Fsp3) is 0.0612. The van der Waals surface area contributed by atoms with Gasteiger partial charge in [0.25, 0.3) is 0 Å². The smallest absolute Gasteiger partial charge is 0.0718 e. The second-order valence-corrected chi connectivity index (χ2v) is 14.0. The molecule has 0 saturated carbocycles. The molecule has 240 valence electrons. The molecule has 2 heterocycles. The molecule has 1 atom stereocenters. The van der Waals surface area contributed by atoms with Crippen LogP contribution in [-0.4, -0.2) is 9.97 Å². The van der Waals surface area contributed by atoms with E-state index in [0.29, 0.717) is 0 Å². The lowest BCUT2D eigenvalue weighted by Gasteiger charge is -2.40. The van der Waals surface area contributed by atoms with Crippen molar-refractivity contribution in [2.75, 3.05) is 0 Å². The first-order chi connectivity index (χ1) is 25.1. The number of allylic oxidation sites excluding steroid dienone is 4. The molecule has 0 spiro atoms. The van der Waals surface area contributed by atoms with Crippen LogP contribution in [0.15, 0.2) is 182 Å². The molecule has 0 aliphatic heterocycles. The Morgan fingerprint density at radius 3 is 1.88 bits per heavy atom. The molecule has 0 N–H and O–H groups in total. The Labute approximate surface area is 297 Å². The van der Waals surface area contributed by atoms with Gasteiger partial charge in [0.1, 0.15) is 0 Å².